The lowest BCUT2D eigenvalue weighted by atomic mass is 9.52. The highest BCUT2D eigenvalue weighted by Gasteiger charge is 2.69. The van der Waals surface area contributed by atoms with Crippen LogP contribution in [-0.2, 0) is 31.8 Å². The van der Waals surface area contributed by atoms with Gasteiger partial charge in [0, 0.05) is 11.3 Å². The number of alkyl halides is 3. The molecule has 0 heterocycles. The second-order valence-electron chi connectivity index (χ2n) is 12.1. The highest BCUT2D eigenvalue weighted by atomic mass is 19.4. The molecule has 3 aromatic rings. The molecule has 0 spiro atoms. The van der Waals surface area contributed by atoms with Gasteiger partial charge >= 0.3 is 6.18 Å². The summed E-state index contributed by atoms with van der Waals surface area (Å²) in [7, 11) is 3.01. The molecule has 44 heavy (non-hydrogen) atoms. The van der Waals surface area contributed by atoms with Gasteiger partial charge in [0.1, 0.15) is 5.75 Å². The molecular weight excluding hydrogens is 581 g/mol. The molecular formula is C32H27F3N2O7. The molecule has 4 N–H and O–H groups in total. The number of phenols is 1. The predicted octanol–water partition coefficient (Wildman–Crippen LogP) is 2.71. The van der Waals surface area contributed by atoms with Gasteiger partial charge in [-0.2, -0.15) is 13.2 Å². The van der Waals surface area contributed by atoms with Gasteiger partial charge in [0.15, 0.2) is 34.7 Å². The van der Waals surface area contributed by atoms with E-state index in [2.05, 4.69) is 0 Å². The van der Waals surface area contributed by atoms with E-state index in [1.165, 1.54) is 37.2 Å². The van der Waals surface area contributed by atoms with Gasteiger partial charge in [0.05, 0.1) is 23.1 Å². The number of phenolic OH excluding ortho intramolecular Hbond substituents is 1. The van der Waals surface area contributed by atoms with Crippen molar-refractivity contribution in [1.29, 1.82) is 0 Å². The Morgan fingerprint density at radius 3 is 2.32 bits per heavy atom. The quantitative estimate of drug-likeness (QED) is 0.384. The minimum Gasteiger partial charge on any atom is -0.507 e. The topological polar surface area (TPSA) is 155 Å². The summed E-state index contributed by atoms with van der Waals surface area (Å²) in [5.74, 6) is -11.5. The normalized spacial score (nSPS) is 28.6. The third-order valence-corrected chi connectivity index (χ3v) is 9.39. The molecule has 6 atom stereocenters. The van der Waals surface area contributed by atoms with E-state index in [9.17, 15) is 47.4 Å². The molecule has 1 amide bonds. The van der Waals surface area contributed by atoms with Gasteiger partial charge in [-0.05, 0) is 73.1 Å². The van der Waals surface area contributed by atoms with Crippen LogP contribution in [0, 0.1) is 23.7 Å². The summed E-state index contributed by atoms with van der Waals surface area (Å²) in [5.41, 5.74) is 2.44. The Hall–Kier alpha value is -4.42. The number of ketones is 4. The molecule has 0 aliphatic heterocycles. The molecule has 6 rings (SSSR count). The zero-order chi connectivity index (χ0) is 32.0. The van der Waals surface area contributed by atoms with Crippen LogP contribution in [0.3, 0.4) is 0 Å². The molecule has 0 saturated heterocycles. The van der Waals surface area contributed by atoms with Crippen molar-refractivity contribution in [2.75, 3.05) is 14.1 Å². The molecule has 12 heteroatoms. The van der Waals surface area contributed by atoms with E-state index in [1.807, 2.05) is 0 Å². The number of hydrogen-bond acceptors (Lipinski definition) is 8. The predicted molar refractivity (Wildman–Crippen MR) is 149 cm³/mol. The van der Waals surface area contributed by atoms with Crippen molar-refractivity contribution in [3.05, 3.63) is 65.2 Å². The molecule has 9 nitrogen and oxygen atoms in total. The number of aromatic hydroxyl groups is 1. The van der Waals surface area contributed by atoms with Crippen LogP contribution >= 0.6 is 0 Å². The highest BCUT2D eigenvalue weighted by molar-refractivity contribution is 6.32. The third kappa shape index (κ3) is 4.11. The summed E-state index contributed by atoms with van der Waals surface area (Å²) in [6.45, 7) is 0. The number of benzene rings is 3. The lowest BCUT2D eigenvalue weighted by Crippen LogP contribution is -2.74. The van der Waals surface area contributed by atoms with Crippen molar-refractivity contribution in [3.63, 3.8) is 0 Å². The number of amides is 1. The highest BCUT2D eigenvalue weighted by Crippen LogP contribution is 2.51. The monoisotopic (exact) mass is 608 g/mol. The number of rotatable bonds is 3. The van der Waals surface area contributed by atoms with Crippen molar-refractivity contribution in [2.45, 2.75) is 30.7 Å². The lowest BCUT2D eigenvalue weighted by Gasteiger charge is -2.52. The van der Waals surface area contributed by atoms with Crippen LogP contribution in [0.4, 0.5) is 13.2 Å². The average Bonchev–Trinajstić information content (AvgIpc) is 2.94. The minimum atomic E-state index is -4.57. The molecule has 3 aliphatic carbocycles. The minimum absolute atomic E-state index is 0.0722. The first-order valence-electron chi connectivity index (χ1n) is 13.9. The molecule has 3 aliphatic rings. The molecule has 228 valence electrons. The number of Topliss-reactive ketones (excluding diaryl/α,β-unsaturated/α-hetero) is 4. The van der Waals surface area contributed by atoms with E-state index in [0.717, 1.165) is 12.1 Å². The molecule has 0 bridgehead atoms. The molecule has 2 fully saturated rings. The second kappa shape index (κ2) is 9.80. The van der Waals surface area contributed by atoms with Crippen LogP contribution in [0.2, 0.25) is 0 Å². The standard InChI is InChI=1S/C32H27F3N2O7/c1-37(2)24-20-12-17-9-16-8-15-7-6-14(13-4-3-5-18(10-13)32(33,34)35)11-19(15)25(38)21(16)26(39)22(17)28(41)31(20,44)29(42)23(27(24)40)30(36)43/h3-8,10-11,17,20,22-24,38,44H,9,12H2,1-2H3,(H2,36,43)/t17-,20-,22?,23?,24-,31-/m0/s1. The number of primary amides is 1. The van der Waals surface area contributed by atoms with E-state index < -0.39 is 81.8 Å². The fraction of sp³-hybridized carbons (Fsp3) is 0.344. The number of likely N-dealkylation sites (N-methyl/N-ethyl adjacent to an activating group) is 1. The number of carbonyl (C=O) groups is 5. The van der Waals surface area contributed by atoms with E-state index in [1.54, 1.807) is 18.2 Å². The molecule has 2 unspecified atom stereocenters. The smallest absolute Gasteiger partial charge is 0.416 e. The Morgan fingerprint density at radius 2 is 1.68 bits per heavy atom. The maximum Gasteiger partial charge on any atom is 0.416 e. The van der Waals surface area contributed by atoms with E-state index >= 15 is 0 Å². The Balaban J connectivity index is 1.45. The number of hydrogen-bond donors (Lipinski definition) is 3. The number of carbonyl (C=O) groups excluding carboxylic acids is 5. The van der Waals surface area contributed by atoms with Gasteiger partial charge in [-0.3, -0.25) is 28.9 Å². The Kier molecular flexibility index (Phi) is 6.60. The molecule has 0 aromatic heterocycles. The van der Waals surface area contributed by atoms with Crippen LogP contribution in [0.25, 0.3) is 21.9 Å². The Labute approximate surface area is 248 Å². The summed E-state index contributed by atoms with van der Waals surface area (Å²) in [4.78, 5) is 68.1. The summed E-state index contributed by atoms with van der Waals surface area (Å²) < 4.78 is 39.9. The number of aliphatic hydroxyl groups is 1. The third-order valence-electron chi connectivity index (χ3n) is 9.39. The van der Waals surface area contributed by atoms with Crippen molar-refractivity contribution in [3.8, 4) is 16.9 Å². The lowest BCUT2D eigenvalue weighted by molar-refractivity contribution is -0.181. The van der Waals surface area contributed by atoms with Gasteiger partial charge in [0.25, 0.3) is 0 Å². The average molecular weight is 609 g/mol. The first kappa shape index (κ1) is 29.6. The molecule has 2 saturated carbocycles. The Bertz CT molecular complexity index is 1820. The van der Waals surface area contributed by atoms with Crippen LogP contribution in [-0.4, -0.2) is 69.9 Å². The van der Waals surface area contributed by atoms with Crippen molar-refractivity contribution < 1.29 is 47.4 Å². The van der Waals surface area contributed by atoms with Gasteiger partial charge in [-0.1, -0.05) is 30.3 Å². The summed E-state index contributed by atoms with van der Waals surface area (Å²) >= 11 is 0. The summed E-state index contributed by atoms with van der Waals surface area (Å²) in [5, 5.41) is 23.7. The van der Waals surface area contributed by atoms with E-state index in [4.69, 9.17) is 5.73 Å². The SMILES string of the molecule is CN(C)[C@@H]1C(=O)C(C(N)=O)C(=O)[C@@]2(O)C(=O)C3C(=O)c4c(cc5ccc(-c6cccc(C(F)(F)F)c6)cc5c4O)C[C@H]3C[C@@H]12. The van der Waals surface area contributed by atoms with Crippen molar-refractivity contribution in [1.82, 2.24) is 4.90 Å². The van der Waals surface area contributed by atoms with Gasteiger partial charge in [-0.25, -0.2) is 0 Å². The number of nitrogens with zero attached hydrogens (tertiary/aromatic N) is 1. The summed E-state index contributed by atoms with van der Waals surface area (Å²) in [6.07, 6.45) is -4.54. The zero-order valence-electron chi connectivity index (χ0n) is 23.5. The largest absolute Gasteiger partial charge is 0.507 e. The van der Waals surface area contributed by atoms with Crippen LogP contribution in [0.5, 0.6) is 5.75 Å². The first-order chi connectivity index (χ1) is 20.6. The number of fused-ring (bicyclic) bond motifs is 4. The number of halogens is 3. The van der Waals surface area contributed by atoms with Crippen molar-refractivity contribution >= 4 is 39.8 Å². The first-order valence-corrected chi connectivity index (χ1v) is 13.9. The molecule has 3 aromatic carbocycles. The number of nitrogens with two attached hydrogens (primary N) is 1. The van der Waals surface area contributed by atoms with Gasteiger partial charge < -0.3 is 15.9 Å². The summed E-state index contributed by atoms with van der Waals surface area (Å²) in [6, 6.07) is 9.75. The van der Waals surface area contributed by atoms with Crippen molar-refractivity contribution in [2.24, 2.45) is 29.4 Å². The maximum absolute atomic E-state index is 14.0. The Morgan fingerprint density at radius 1 is 1.00 bits per heavy atom. The van der Waals surface area contributed by atoms with Crippen LogP contribution in [0.1, 0.15) is 27.9 Å². The van der Waals surface area contributed by atoms with E-state index in [-0.39, 0.29) is 29.4 Å². The maximum atomic E-state index is 14.0. The molecule has 0 radical (unpaired) electrons. The fourth-order valence-corrected chi connectivity index (χ4v) is 7.43. The van der Waals surface area contributed by atoms with Crippen LogP contribution in [0.15, 0.2) is 48.5 Å². The van der Waals surface area contributed by atoms with Gasteiger partial charge in [-0.15, -0.1) is 0 Å². The fourth-order valence-electron chi connectivity index (χ4n) is 7.43. The van der Waals surface area contributed by atoms with E-state index in [0.29, 0.717) is 16.5 Å². The van der Waals surface area contributed by atoms with Crippen LogP contribution < -0.4 is 5.73 Å². The zero-order valence-corrected chi connectivity index (χ0v) is 23.5. The second-order valence-corrected chi connectivity index (χ2v) is 12.1. The van der Waals surface area contributed by atoms with Gasteiger partial charge in [0.2, 0.25) is 5.91 Å².